The van der Waals surface area contributed by atoms with Gasteiger partial charge in [-0.3, -0.25) is 0 Å². The molecule has 1 saturated heterocycles. The van der Waals surface area contributed by atoms with Crippen LogP contribution in [0.15, 0.2) is 17.0 Å². The molecule has 1 aliphatic heterocycles. The number of nitrogens with one attached hydrogen (secondary N) is 1. The van der Waals surface area contributed by atoms with E-state index in [4.69, 9.17) is 0 Å². The van der Waals surface area contributed by atoms with Gasteiger partial charge in [-0.2, -0.15) is 0 Å². The van der Waals surface area contributed by atoms with Gasteiger partial charge >= 0.3 is 0 Å². The number of hydrogen-bond acceptors (Lipinski definition) is 2. The maximum Gasteiger partial charge on any atom is 0.0409 e. The molecule has 1 fully saturated rings. The van der Waals surface area contributed by atoms with E-state index in [2.05, 4.69) is 44.5 Å². The van der Waals surface area contributed by atoms with Crippen LogP contribution in [-0.4, -0.2) is 12.8 Å². The summed E-state index contributed by atoms with van der Waals surface area (Å²) in [5.41, 5.74) is 4.56. The lowest BCUT2D eigenvalue weighted by atomic mass is 9.86. The van der Waals surface area contributed by atoms with Crippen LogP contribution >= 0.6 is 11.8 Å². The van der Waals surface area contributed by atoms with E-state index in [1.54, 1.807) is 0 Å². The van der Waals surface area contributed by atoms with Crippen molar-refractivity contribution in [2.45, 2.75) is 44.0 Å². The molecule has 0 amide bonds. The Morgan fingerprint density at radius 2 is 2.06 bits per heavy atom. The maximum atomic E-state index is 3.66. The van der Waals surface area contributed by atoms with Crippen LogP contribution in [0.3, 0.4) is 0 Å². The zero-order valence-electron chi connectivity index (χ0n) is 10.7. The molecule has 1 atom stereocenters. The summed E-state index contributed by atoms with van der Waals surface area (Å²) < 4.78 is 0. The molecule has 1 nitrogen and oxygen atoms in total. The SMILES string of the molecule is CSc1cc(C)c(C)c(C2(C)CCCN2)c1. The monoisotopic (exact) mass is 235 g/mol. The van der Waals surface area contributed by atoms with E-state index in [1.807, 2.05) is 11.8 Å². The van der Waals surface area contributed by atoms with Crippen molar-refractivity contribution in [3.8, 4) is 0 Å². The topological polar surface area (TPSA) is 12.0 Å². The molecule has 1 heterocycles. The summed E-state index contributed by atoms with van der Waals surface area (Å²) in [7, 11) is 0. The van der Waals surface area contributed by atoms with Crippen molar-refractivity contribution >= 4 is 11.8 Å². The van der Waals surface area contributed by atoms with Crippen LogP contribution in [-0.2, 0) is 5.54 Å². The Bertz CT molecular complexity index is 392. The highest BCUT2D eigenvalue weighted by Crippen LogP contribution is 2.35. The summed E-state index contributed by atoms with van der Waals surface area (Å²) in [4.78, 5) is 1.38. The Balaban J connectivity index is 2.50. The van der Waals surface area contributed by atoms with E-state index in [0.717, 1.165) is 6.54 Å². The predicted octanol–water partition coefficient (Wildman–Crippen LogP) is 3.62. The molecule has 0 aliphatic carbocycles. The maximum absolute atomic E-state index is 3.66. The number of thioether (sulfide) groups is 1. The van der Waals surface area contributed by atoms with Gasteiger partial charge in [0.1, 0.15) is 0 Å². The van der Waals surface area contributed by atoms with Crippen LogP contribution in [0.1, 0.15) is 36.5 Å². The van der Waals surface area contributed by atoms with E-state index >= 15 is 0 Å². The Morgan fingerprint density at radius 3 is 2.62 bits per heavy atom. The molecule has 0 spiro atoms. The quantitative estimate of drug-likeness (QED) is 0.786. The lowest BCUT2D eigenvalue weighted by Gasteiger charge is -2.28. The molecule has 16 heavy (non-hydrogen) atoms. The molecule has 0 aromatic heterocycles. The van der Waals surface area contributed by atoms with Gasteiger partial charge in [-0.25, -0.2) is 0 Å². The number of benzene rings is 1. The number of rotatable bonds is 2. The smallest absolute Gasteiger partial charge is 0.0409 e. The van der Waals surface area contributed by atoms with Crippen LogP contribution in [0.4, 0.5) is 0 Å². The highest BCUT2D eigenvalue weighted by atomic mass is 32.2. The number of aryl methyl sites for hydroxylation is 1. The third-order valence-electron chi connectivity index (χ3n) is 3.84. The minimum absolute atomic E-state index is 0.195. The summed E-state index contributed by atoms with van der Waals surface area (Å²) >= 11 is 1.84. The van der Waals surface area contributed by atoms with E-state index in [9.17, 15) is 0 Å². The van der Waals surface area contributed by atoms with Crippen LogP contribution in [0.2, 0.25) is 0 Å². The first kappa shape index (κ1) is 12.0. The molecule has 0 radical (unpaired) electrons. The molecular formula is C14H21NS. The molecular weight excluding hydrogens is 214 g/mol. The molecule has 1 aromatic carbocycles. The molecule has 0 bridgehead atoms. The summed E-state index contributed by atoms with van der Waals surface area (Å²) in [6, 6.07) is 4.66. The minimum Gasteiger partial charge on any atom is -0.308 e. The van der Waals surface area contributed by atoms with Crippen LogP contribution < -0.4 is 5.32 Å². The second-order valence-electron chi connectivity index (χ2n) is 4.98. The molecule has 1 unspecified atom stereocenters. The van der Waals surface area contributed by atoms with E-state index in [-0.39, 0.29) is 5.54 Å². The fourth-order valence-corrected chi connectivity index (χ4v) is 3.17. The van der Waals surface area contributed by atoms with Crippen LogP contribution in [0.5, 0.6) is 0 Å². The molecule has 2 rings (SSSR count). The molecule has 0 saturated carbocycles. The summed E-state index contributed by atoms with van der Waals surface area (Å²) in [5.74, 6) is 0. The second kappa shape index (κ2) is 4.42. The van der Waals surface area contributed by atoms with Crippen molar-refractivity contribution in [3.05, 3.63) is 28.8 Å². The van der Waals surface area contributed by atoms with Crippen LogP contribution in [0.25, 0.3) is 0 Å². The molecule has 1 aromatic rings. The highest BCUT2D eigenvalue weighted by Gasteiger charge is 2.31. The van der Waals surface area contributed by atoms with Gasteiger partial charge in [-0.15, -0.1) is 11.8 Å². The fourth-order valence-electron chi connectivity index (χ4n) is 2.64. The fraction of sp³-hybridized carbons (Fsp3) is 0.571. The third-order valence-corrected chi connectivity index (χ3v) is 4.55. The Labute approximate surface area is 103 Å². The largest absolute Gasteiger partial charge is 0.308 e. The van der Waals surface area contributed by atoms with Crippen molar-refractivity contribution in [1.82, 2.24) is 5.32 Å². The first-order valence-electron chi connectivity index (χ1n) is 5.97. The lowest BCUT2D eigenvalue weighted by molar-refractivity contribution is 0.431. The highest BCUT2D eigenvalue weighted by molar-refractivity contribution is 7.98. The zero-order valence-corrected chi connectivity index (χ0v) is 11.5. The van der Waals surface area contributed by atoms with Gasteiger partial charge in [0.05, 0.1) is 0 Å². The van der Waals surface area contributed by atoms with Crippen molar-refractivity contribution in [2.24, 2.45) is 0 Å². The Hall–Kier alpha value is -0.470. The van der Waals surface area contributed by atoms with Crippen molar-refractivity contribution in [1.29, 1.82) is 0 Å². The summed E-state index contributed by atoms with van der Waals surface area (Å²) in [5, 5.41) is 3.66. The zero-order chi connectivity index (χ0) is 11.8. The van der Waals surface area contributed by atoms with Crippen molar-refractivity contribution in [2.75, 3.05) is 12.8 Å². The molecule has 88 valence electrons. The van der Waals surface area contributed by atoms with Gasteiger partial charge in [-0.1, -0.05) is 0 Å². The first-order chi connectivity index (χ1) is 7.57. The minimum atomic E-state index is 0.195. The van der Waals surface area contributed by atoms with Gasteiger partial charge in [0, 0.05) is 10.4 Å². The summed E-state index contributed by atoms with van der Waals surface area (Å²) in [6.07, 6.45) is 4.70. The summed E-state index contributed by atoms with van der Waals surface area (Å²) in [6.45, 7) is 7.96. The average Bonchev–Trinajstić information content (AvgIpc) is 2.70. The molecule has 1 aliphatic rings. The predicted molar refractivity (Wildman–Crippen MR) is 72.3 cm³/mol. The van der Waals surface area contributed by atoms with Gasteiger partial charge in [-0.05, 0) is 75.2 Å². The van der Waals surface area contributed by atoms with Gasteiger partial charge in [0.25, 0.3) is 0 Å². The first-order valence-corrected chi connectivity index (χ1v) is 7.20. The van der Waals surface area contributed by atoms with Gasteiger partial charge < -0.3 is 5.32 Å². The average molecular weight is 235 g/mol. The van der Waals surface area contributed by atoms with Crippen molar-refractivity contribution < 1.29 is 0 Å². The standard InChI is InChI=1S/C14H21NS/c1-10-8-12(16-4)9-13(11(10)2)14(3)6-5-7-15-14/h8-9,15H,5-7H2,1-4H3. The second-order valence-corrected chi connectivity index (χ2v) is 5.86. The van der Waals surface area contributed by atoms with E-state index < -0.39 is 0 Å². The molecule has 2 heteroatoms. The van der Waals surface area contributed by atoms with E-state index in [1.165, 1.54) is 34.4 Å². The Kier molecular flexibility index (Phi) is 3.32. The van der Waals surface area contributed by atoms with Gasteiger partial charge in [0.2, 0.25) is 0 Å². The van der Waals surface area contributed by atoms with Gasteiger partial charge in [0.15, 0.2) is 0 Å². The van der Waals surface area contributed by atoms with E-state index in [0.29, 0.717) is 0 Å². The van der Waals surface area contributed by atoms with Crippen molar-refractivity contribution in [3.63, 3.8) is 0 Å². The third kappa shape index (κ3) is 2.01. The molecule has 1 N–H and O–H groups in total. The lowest BCUT2D eigenvalue weighted by Crippen LogP contribution is -2.34. The number of hydrogen-bond donors (Lipinski definition) is 1. The Morgan fingerprint density at radius 1 is 1.31 bits per heavy atom. The van der Waals surface area contributed by atoms with Crippen LogP contribution in [0, 0.1) is 13.8 Å². The normalized spacial score (nSPS) is 25.0.